The normalized spacial score (nSPS) is 13.0. The Bertz CT molecular complexity index is 861. The predicted molar refractivity (Wildman–Crippen MR) is 126 cm³/mol. The number of esters is 1. The first-order chi connectivity index (χ1) is 15.7. The van der Waals surface area contributed by atoms with Crippen molar-refractivity contribution in [2.24, 2.45) is 0 Å². The smallest absolute Gasteiger partial charge is 0.407 e. The van der Waals surface area contributed by atoms with E-state index < -0.39 is 23.8 Å². The van der Waals surface area contributed by atoms with E-state index in [0.717, 1.165) is 16.9 Å². The van der Waals surface area contributed by atoms with Crippen LogP contribution in [0.15, 0.2) is 54.6 Å². The lowest BCUT2D eigenvalue weighted by Crippen LogP contribution is -2.46. The molecule has 2 rings (SSSR count). The Morgan fingerprint density at radius 2 is 1.67 bits per heavy atom. The molecule has 33 heavy (non-hydrogen) atoms. The third kappa shape index (κ3) is 10.4. The van der Waals surface area contributed by atoms with Gasteiger partial charge in [-0.05, 0) is 63.8 Å². The van der Waals surface area contributed by atoms with E-state index in [1.54, 1.807) is 27.7 Å². The van der Waals surface area contributed by atoms with Gasteiger partial charge in [-0.3, -0.25) is 4.79 Å². The fourth-order valence-corrected chi connectivity index (χ4v) is 3.16. The molecule has 7 heteroatoms. The van der Waals surface area contributed by atoms with Crippen LogP contribution in [0.25, 0.3) is 0 Å². The molecule has 2 unspecified atom stereocenters. The number of aliphatic hydroxyl groups excluding tert-OH is 1. The zero-order chi connectivity index (χ0) is 24.3. The van der Waals surface area contributed by atoms with Gasteiger partial charge in [0, 0.05) is 6.42 Å². The first-order valence-electron chi connectivity index (χ1n) is 11.2. The summed E-state index contributed by atoms with van der Waals surface area (Å²) in [6.45, 7) is 7.80. The molecule has 2 aromatic rings. The first-order valence-corrected chi connectivity index (χ1v) is 11.2. The Morgan fingerprint density at radius 1 is 1.00 bits per heavy atom. The predicted octanol–water partition coefficient (Wildman–Crippen LogP) is 4.41. The minimum atomic E-state index is -0.948. The van der Waals surface area contributed by atoms with Gasteiger partial charge in [0.2, 0.25) is 0 Å². The van der Waals surface area contributed by atoms with Crippen LogP contribution in [0.1, 0.15) is 51.7 Å². The molecule has 1 amide bonds. The van der Waals surface area contributed by atoms with E-state index in [-0.39, 0.29) is 25.4 Å². The van der Waals surface area contributed by atoms with Crippen LogP contribution in [-0.4, -0.2) is 41.5 Å². The Morgan fingerprint density at radius 3 is 2.27 bits per heavy atom. The highest BCUT2D eigenvalue weighted by Gasteiger charge is 2.25. The Balaban J connectivity index is 2.00. The summed E-state index contributed by atoms with van der Waals surface area (Å²) >= 11 is 0. The number of aliphatic hydroxyl groups is 1. The second-order valence-corrected chi connectivity index (χ2v) is 8.79. The van der Waals surface area contributed by atoms with E-state index in [9.17, 15) is 14.7 Å². The third-order valence-corrected chi connectivity index (χ3v) is 4.74. The molecule has 0 aliphatic carbocycles. The molecule has 2 aromatic carbocycles. The molecule has 0 aliphatic rings. The van der Waals surface area contributed by atoms with E-state index in [4.69, 9.17) is 14.2 Å². The van der Waals surface area contributed by atoms with Crippen LogP contribution >= 0.6 is 0 Å². The molecule has 0 radical (unpaired) electrons. The zero-order valence-corrected chi connectivity index (χ0v) is 19.9. The van der Waals surface area contributed by atoms with E-state index in [2.05, 4.69) is 5.32 Å². The Kier molecular flexibility index (Phi) is 10.2. The highest BCUT2D eigenvalue weighted by molar-refractivity contribution is 5.69. The molecule has 7 nitrogen and oxygen atoms in total. The van der Waals surface area contributed by atoms with Crippen LogP contribution in [0.5, 0.6) is 5.75 Å². The maximum atomic E-state index is 12.3. The summed E-state index contributed by atoms with van der Waals surface area (Å²) in [6.07, 6.45) is -0.977. The molecular formula is C26H35NO6. The van der Waals surface area contributed by atoms with E-state index in [1.165, 1.54) is 0 Å². The number of alkyl carbamates (subject to hydrolysis) is 1. The largest absolute Gasteiger partial charge is 0.489 e. The lowest BCUT2D eigenvalue weighted by molar-refractivity contribution is -0.143. The van der Waals surface area contributed by atoms with Crippen molar-refractivity contribution in [1.82, 2.24) is 5.32 Å². The second kappa shape index (κ2) is 12.8. The zero-order valence-electron chi connectivity index (χ0n) is 19.9. The standard InChI is InChI=1S/C26H35NO6/c1-5-31-24(29)16-15-23(28)22(27-25(30)33-26(2,3)4)17-19-11-13-21(14-12-19)32-18-20-9-7-6-8-10-20/h6-14,22-23,28H,5,15-18H2,1-4H3,(H,27,30). The van der Waals surface area contributed by atoms with Gasteiger partial charge in [-0.15, -0.1) is 0 Å². The number of carbonyl (C=O) groups is 2. The SMILES string of the molecule is CCOC(=O)CCC(O)C(Cc1ccc(OCc2ccccc2)cc1)NC(=O)OC(C)(C)C. The minimum absolute atomic E-state index is 0.0633. The number of amides is 1. The van der Waals surface area contributed by atoms with Crippen molar-refractivity contribution < 1.29 is 28.9 Å². The molecule has 0 aromatic heterocycles. The van der Waals surface area contributed by atoms with Gasteiger partial charge in [-0.25, -0.2) is 4.79 Å². The highest BCUT2D eigenvalue weighted by Crippen LogP contribution is 2.18. The highest BCUT2D eigenvalue weighted by atomic mass is 16.6. The molecule has 2 N–H and O–H groups in total. The lowest BCUT2D eigenvalue weighted by Gasteiger charge is -2.27. The van der Waals surface area contributed by atoms with Crippen LogP contribution in [0.2, 0.25) is 0 Å². The Labute approximate surface area is 196 Å². The van der Waals surface area contributed by atoms with Crippen molar-refractivity contribution in [2.45, 2.75) is 71.3 Å². The summed E-state index contributed by atoms with van der Waals surface area (Å²) in [5.41, 5.74) is 1.31. The van der Waals surface area contributed by atoms with Crippen LogP contribution in [0.3, 0.4) is 0 Å². The number of rotatable bonds is 11. The van der Waals surface area contributed by atoms with Crippen LogP contribution < -0.4 is 10.1 Å². The van der Waals surface area contributed by atoms with Gasteiger partial charge in [0.25, 0.3) is 0 Å². The lowest BCUT2D eigenvalue weighted by atomic mass is 9.98. The fourth-order valence-electron chi connectivity index (χ4n) is 3.16. The molecule has 0 spiro atoms. The molecule has 0 saturated carbocycles. The molecule has 0 saturated heterocycles. The maximum absolute atomic E-state index is 12.3. The molecule has 2 atom stereocenters. The first kappa shape index (κ1) is 26.2. The minimum Gasteiger partial charge on any atom is -0.489 e. The van der Waals surface area contributed by atoms with Gasteiger partial charge in [0.1, 0.15) is 18.0 Å². The molecule has 180 valence electrons. The van der Waals surface area contributed by atoms with Gasteiger partial charge in [-0.1, -0.05) is 42.5 Å². The average molecular weight is 458 g/mol. The molecular weight excluding hydrogens is 422 g/mol. The molecule has 0 aliphatic heterocycles. The topological polar surface area (TPSA) is 94.1 Å². The van der Waals surface area contributed by atoms with Crippen LogP contribution in [-0.2, 0) is 27.3 Å². The van der Waals surface area contributed by atoms with Crippen molar-refractivity contribution in [3.8, 4) is 5.75 Å². The number of hydrogen-bond acceptors (Lipinski definition) is 6. The number of carbonyl (C=O) groups excluding carboxylic acids is 2. The number of ether oxygens (including phenoxy) is 3. The van der Waals surface area contributed by atoms with Crippen LogP contribution in [0, 0.1) is 0 Å². The van der Waals surface area contributed by atoms with Gasteiger partial charge in [0.05, 0.1) is 18.8 Å². The average Bonchev–Trinajstić information content (AvgIpc) is 2.76. The van der Waals surface area contributed by atoms with Crippen molar-refractivity contribution >= 4 is 12.1 Å². The second-order valence-electron chi connectivity index (χ2n) is 8.79. The van der Waals surface area contributed by atoms with Crippen molar-refractivity contribution in [2.75, 3.05) is 6.61 Å². The summed E-state index contributed by atoms with van der Waals surface area (Å²) in [6, 6.07) is 16.7. The van der Waals surface area contributed by atoms with E-state index >= 15 is 0 Å². The van der Waals surface area contributed by atoms with Gasteiger partial charge in [0.15, 0.2) is 0 Å². The quantitative estimate of drug-likeness (QED) is 0.486. The third-order valence-electron chi connectivity index (χ3n) is 4.74. The fraction of sp³-hybridized carbons (Fsp3) is 0.462. The van der Waals surface area contributed by atoms with Gasteiger partial charge in [-0.2, -0.15) is 0 Å². The van der Waals surface area contributed by atoms with Crippen molar-refractivity contribution in [3.05, 3.63) is 65.7 Å². The summed E-state index contributed by atoms with van der Waals surface area (Å²) in [7, 11) is 0. The van der Waals surface area contributed by atoms with Gasteiger partial charge >= 0.3 is 12.1 Å². The van der Waals surface area contributed by atoms with E-state index in [1.807, 2.05) is 54.6 Å². The summed E-state index contributed by atoms with van der Waals surface area (Å²) in [4.78, 5) is 24.0. The Hall–Kier alpha value is -3.06. The van der Waals surface area contributed by atoms with Crippen molar-refractivity contribution in [3.63, 3.8) is 0 Å². The number of hydrogen-bond donors (Lipinski definition) is 2. The molecule has 0 bridgehead atoms. The summed E-state index contributed by atoms with van der Waals surface area (Å²) < 4.78 is 16.1. The van der Waals surface area contributed by atoms with E-state index in [0.29, 0.717) is 13.0 Å². The summed E-state index contributed by atoms with van der Waals surface area (Å²) in [5, 5.41) is 13.4. The number of benzene rings is 2. The summed E-state index contributed by atoms with van der Waals surface area (Å²) in [5.74, 6) is 0.342. The van der Waals surface area contributed by atoms with Gasteiger partial charge < -0.3 is 24.6 Å². The molecule has 0 fully saturated rings. The van der Waals surface area contributed by atoms with Crippen LogP contribution in [0.4, 0.5) is 4.79 Å². The maximum Gasteiger partial charge on any atom is 0.407 e. The molecule has 0 heterocycles. The van der Waals surface area contributed by atoms with Crippen molar-refractivity contribution in [1.29, 1.82) is 0 Å². The number of nitrogens with one attached hydrogen (secondary N) is 1. The monoisotopic (exact) mass is 457 g/mol.